The van der Waals surface area contributed by atoms with Crippen LogP contribution in [-0.4, -0.2) is 44.1 Å². The van der Waals surface area contributed by atoms with Gasteiger partial charge in [-0.05, 0) is 55.3 Å². The maximum Gasteiger partial charge on any atom is 0.300 e. The van der Waals surface area contributed by atoms with Crippen LogP contribution in [0.1, 0.15) is 28.3 Å². The highest BCUT2D eigenvalue weighted by atomic mass is 16.6. The number of carbonyl (C=O) groups is 2. The summed E-state index contributed by atoms with van der Waals surface area (Å²) in [5, 5.41) is 11.5. The summed E-state index contributed by atoms with van der Waals surface area (Å²) in [5.74, 6) is -0.526. The number of rotatable bonds is 4. The van der Waals surface area contributed by atoms with E-state index in [1.165, 1.54) is 4.90 Å². The second-order valence-electron chi connectivity index (χ2n) is 9.30. The molecule has 0 saturated carbocycles. The first-order chi connectivity index (χ1) is 17.3. The normalized spacial score (nSPS) is 18.4. The number of benzene rings is 3. The van der Waals surface area contributed by atoms with Gasteiger partial charge in [0, 0.05) is 37.1 Å². The fourth-order valence-corrected chi connectivity index (χ4v) is 4.69. The maximum atomic E-state index is 13.5. The predicted octanol–water partition coefficient (Wildman–Crippen LogP) is 4.77. The molecule has 0 radical (unpaired) electrons. The van der Waals surface area contributed by atoms with Gasteiger partial charge in [-0.15, -0.1) is 0 Å². The molecule has 7 heteroatoms. The van der Waals surface area contributed by atoms with Crippen molar-refractivity contribution in [3.63, 3.8) is 0 Å². The molecule has 1 unspecified atom stereocenters. The number of hydrogen-bond acceptors (Lipinski definition) is 6. The van der Waals surface area contributed by atoms with Crippen molar-refractivity contribution in [2.75, 3.05) is 37.1 Å². The van der Waals surface area contributed by atoms with Crippen LogP contribution < -0.4 is 19.3 Å². The molecular weight excluding hydrogens is 456 g/mol. The number of nitrogens with zero attached hydrogens (tertiary/aromatic N) is 2. The Balaban J connectivity index is 1.71. The van der Waals surface area contributed by atoms with E-state index in [2.05, 4.69) is 0 Å². The third-order valence-electron chi connectivity index (χ3n) is 6.62. The van der Waals surface area contributed by atoms with Gasteiger partial charge in [0.25, 0.3) is 11.7 Å². The molecule has 2 aliphatic rings. The molecule has 0 aliphatic carbocycles. The van der Waals surface area contributed by atoms with Crippen LogP contribution in [0.25, 0.3) is 5.76 Å². The summed E-state index contributed by atoms with van der Waals surface area (Å²) in [6, 6.07) is 17.6. The van der Waals surface area contributed by atoms with Gasteiger partial charge in [-0.1, -0.05) is 29.8 Å². The van der Waals surface area contributed by atoms with Crippen LogP contribution in [-0.2, 0) is 9.59 Å². The van der Waals surface area contributed by atoms with E-state index in [-0.39, 0.29) is 11.3 Å². The first-order valence-corrected chi connectivity index (χ1v) is 11.8. The van der Waals surface area contributed by atoms with Crippen LogP contribution in [0.5, 0.6) is 11.5 Å². The van der Waals surface area contributed by atoms with E-state index < -0.39 is 17.7 Å². The molecule has 1 saturated heterocycles. The quantitative estimate of drug-likeness (QED) is 0.327. The van der Waals surface area contributed by atoms with Gasteiger partial charge >= 0.3 is 0 Å². The second-order valence-corrected chi connectivity index (χ2v) is 9.30. The van der Waals surface area contributed by atoms with Gasteiger partial charge in [-0.2, -0.15) is 0 Å². The number of fused-ring (bicyclic) bond motifs is 1. The van der Waals surface area contributed by atoms with Gasteiger partial charge in [0.05, 0.1) is 11.6 Å². The first kappa shape index (κ1) is 23.5. The van der Waals surface area contributed by atoms with Crippen LogP contribution in [0.4, 0.5) is 11.4 Å². The van der Waals surface area contributed by atoms with Gasteiger partial charge in [-0.3, -0.25) is 14.5 Å². The first-order valence-electron chi connectivity index (χ1n) is 11.8. The lowest BCUT2D eigenvalue weighted by molar-refractivity contribution is -0.132. The van der Waals surface area contributed by atoms with Crippen molar-refractivity contribution in [1.82, 2.24) is 0 Å². The number of hydrogen-bond donors (Lipinski definition) is 1. The zero-order chi connectivity index (χ0) is 25.6. The molecule has 3 aromatic carbocycles. The number of aliphatic hydroxyl groups is 1. The van der Waals surface area contributed by atoms with Crippen molar-refractivity contribution in [2.45, 2.75) is 19.9 Å². The standard InChI is InChI=1S/C29H28N2O5/c1-17-5-6-18(2)22(15-17)27(32)25-26(19-7-9-20(10-8-19)30(3)4)31(29(34)28(25)33)21-11-12-23-24(16-21)36-14-13-35-23/h5-12,15-16,26,32H,13-14H2,1-4H3/b27-25+. The number of anilines is 2. The van der Waals surface area contributed by atoms with Crippen molar-refractivity contribution >= 4 is 28.8 Å². The van der Waals surface area contributed by atoms with E-state index in [4.69, 9.17) is 9.47 Å². The minimum absolute atomic E-state index is 0.0567. The minimum Gasteiger partial charge on any atom is -0.507 e. The van der Waals surface area contributed by atoms with Crippen LogP contribution in [0, 0.1) is 13.8 Å². The highest BCUT2D eigenvalue weighted by Crippen LogP contribution is 2.45. The third kappa shape index (κ3) is 3.96. The van der Waals surface area contributed by atoms with Crippen molar-refractivity contribution in [3.05, 3.63) is 88.5 Å². The largest absolute Gasteiger partial charge is 0.507 e. The molecule has 0 bridgehead atoms. The lowest BCUT2D eigenvalue weighted by Gasteiger charge is -2.27. The zero-order valence-corrected chi connectivity index (χ0v) is 20.7. The summed E-state index contributed by atoms with van der Waals surface area (Å²) in [4.78, 5) is 30.4. The SMILES string of the molecule is Cc1ccc(C)c(/C(O)=C2\C(=O)C(=O)N(c3ccc4c(c3)OCCO4)C2c2ccc(N(C)C)cc2)c1. The Kier molecular flexibility index (Phi) is 5.92. The van der Waals surface area contributed by atoms with E-state index in [1.807, 2.05) is 75.3 Å². The van der Waals surface area contributed by atoms with E-state index in [0.29, 0.717) is 41.5 Å². The number of aliphatic hydroxyl groups excluding tert-OH is 1. The molecule has 36 heavy (non-hydrogen) atoms. The van der Waals surface area contributed by atoms with E-state index in [0.717, 1.165) is 16.8 Å². The molecule has 0 aromatic heterocycles. The summed E-state index contributed by atoms with van der Waals surface area (Å²) in [5.41, 5.74) is 4.51. The lowest BCUT2D eigenvalue weighted by atomic mass is 9.93. The van der Waals surface area contributed by atoms with Crippen molar-refractivity contribution in [2.24, 2.45) is 0 Å². The smallest absolute Gasteiger partial charge is 0.300 e. The summed E-state index contributed by atoms with van der Waals surface area (Å²) in [6.07, 6.45) is 0. The number of amides is 1. The Labute approximate surface area is 210 Å². The molecular formula is C29H28N2O5. The van der Waals surface area contributed by atoms with Gasteiger partial charge < -0.3 is 19.5 Å². The Hall–Kier alpha value is -4.26. The van der Waals surface area contributed by atoms with E-state index in [9.17, 15) is 14.7 Å². The van der Waals surface area contributed by atoms with Crippen molar-refractivity contribution in [3.8, 4) is 11.5 Å². The Morgan fingerprint density at radius 2 is 1.61 bits per heavy atom. The third-order valence-corrected chi connectivity index (χ3v) is 6.62. The fraction of sp³-hybridized carbons (Fsp3) is 0.241. The predicted molar refractivity (Wildman–Crippen MR) is 139 cm³/mol. The topological polar surface area (TPSA) is 79.3 Å². The average molecular weight is 485 g/mol. The number of aryl methyl sites for hydroxylation is 2. The average Bonchev–Trinajstić information content (AvgIpc) is 3.15. The molecule has 2 aliphatic heterocycles. The van der Waals surface area contributed by atoms with Gasteiger partial charge in [0.15, 0.2) is 11.5 Å². The van der Waals surface area contributed by atoms with Crippen molar-refractivity contribution < 1.29 is 24.2 Å². The lowest BCUT2D eigenvalue weighted by Crippen LogP contribution is -2.29. The molecule has 1 N–H and O–H groups in total. The van der Waals surface area contributed by atoms with Gasteiger partial charge in [0.1, 0.15) is 19.0 Å². The molecule has 1 atom stereocenters. The summed E-state index contributed by atoms with van der Waals surface area (Å²) in [6.45, 7) is 4.63. The summed E-state index contributed by atoms with van der Waals surface area (Å²) in [7, 11) is 3.88. The summed E-state index contributed by atoms with van der Waals surface area (Å²) >= 11 is 0. The molecule has 5 rings (SSSR count). The maximum absolute atomic E-state index is 13.5. The van der Waals surface area contributed by atoms with Crippen LogP contribution in [0.2, 0.25) is 0 Å². The van der Waals surface area contributed by atoms with E-state index in [1.54, 1.807) is 18.2 Å². The fourth-order valence-electron chi connectivity index (χ4n) is 4.69. The molecule has 1 fully saturated rings. The number of carbonyl (C=O) groups excluding carboxylic acids is 2. The van der Waals surface area contributed by atoms with Gasteiger partial charge in [0.2, 0.25) is 0 Å². The Morgan fingerprint density at radius 1 is 0.917 bits per heavy atom. The monoisotopic (exact) mass is 484 g/mol. The summed E-state index contributed by atoms with van der Waals surface area (Å²) < 4.78 is 11.4. The number of Topliss-reactive ketones (excluding diaryl/α,β-unsaturated/α-hetero) is 1. The van der Waals surface area contributed by atoms with Crippen LogP contribution in [0.3, 0.4) is 0 Å². The highest BCUT2D eigenvalue weighted by molar-refractivity contribution is 6.51. The van der Waals surface area contributed by atoms with Crippen LogP contribution in [0.15, 0.2) is 66.2 Å². The Bertz CT molecular complexity index is 1390. The highest BCUT2D eigenvalue weighted by Gasteiger charge is 2.47. The molecule has 0 spiro atoms. The zero-order valence-electron chi connectivity index (χ0n) is 20.7. The van der Waals surface area contributed by atoms with Crippen molar-refractivity contribution in [1.29, 1.82) is 0 Å². The molecule has 3 aromatic rings. The second kappa shape index (κ2) is 9.07. The van der Waals surface area contributed by atoms with Gasteiger partial charge in [-0.25, -0.2) is 0 Å². The molecule has 184 valence electrons. The van der Waals surface area contributed by atoms with Crippen LogP contribution >= 0.6 is 0 Å². The van der Waals surface area contributed by atoms with E-state index >= 15 is 0 Å². The number of ether oxygens (including phenoxy) is 2. The molecule has 2 heterocycles. The minimum atomic E-state index is -0.816. The number of ketones is 1. The molecule has 7 nitrogen and oxygen atoms in total. The Morgan fingerprint density at radius 3 is 2.31 bits per heavy atom. The molecule has 1 amide bonds.